The molecule has 2 rings (SSSR count). The third-order valence-corrected chi connectivity index (χ3v) is 3.11. The van der Waals surface area contributed by atoms with Crippen LogP contribution in [0.1, 0.15) is 13.8 Å². The number of carbonyl (C=O) groups is 1. The molecule has 6 nitrogen and oxygen atoms in total. The van der Waals surface area contributed by atoms with Gasteiger partial charge < -0.3 is 10.4 Å². The van der Waals surface area contributed by atoms with Gasteiger partial charge in [0.05, 0.1) is 18.8 Å². The number of hydrogen-bond donors (Lipinski definition) is 3. The molecule has 0 radical (unpaired) electrons. The van der Waals surface area contributed by atoms with Crippen LogP contribution in [0.5, 0.6) is 0 Å². The average Bonchev–Trinajstić information content (AvgIpc) is 2.81. The number of nitrogens with one attached hydrogen (secondary N) is 2. The summed E-state index contributed by atoms with van der Waals surface area (Å²) >= 11 is 5.99. The minimum absolute atomic E-state index is 0.0293. The molecule has 3 N–H and O–H groups in total. The maximum Gasteiger partial charge on any atom is 0.320 e. The average molecular weight is 323 g/mol. The minimum Gasteiger partial charge on any atom is -0.394 e. The number of urea groups is 1. The highest BCUT2D eigenvalue weighted by Gasteiger charge is 2.12. The lowest BCUT2D eigenvalue weighted by atomic mass is 10.1. The molecular weight excluding hydrogens is 304 g/mol. The Morgan fingerprint density at radius 2 is 2.18 bits per heavy atom. The van der Waals surface area contributed by atoms with E-state index in [1.54, 1.807) is 22.9 Å². The zero-order valence-corrected chi connectivity index (χ0v) is 13.3. The summed E-state index contributed by atoms with van der Waals surface area (Å²) in [6.45, 7) is 3.97. The first-order valence-corrected chi connectivity index (χ1v) is 7.39. The second kappa shape index (κ2) is 7.29. The van der Waals surface area contributed by atoms with Crippen LogP contribution in [0.25, 0.3) is 11.3 Å². The van der Waals surface area contributed by atoms with Crippen LogP contribution in [-0.4, -0.2) is 33.6 Å². The van der Waals surface area contributed by atoms with Crippen molar-refractivity contribution in [2.24, 2.45) is 0 Å². The van der Waals surface area contributed by atoms with Gasteiger partial charge in [0.2, 0.25) is 0 Å². The smallest absolute Gasteiger partial charge is 0.320 e. The summed E-state index contributed by atoms with van der Waals surface area (Å²) in [7, 11) is 0. The Kier molecular flexibility index (Phi) is 5.41. The molecule has 0 aliphatic rings. The number of hydrogen-bond acceptors (Lipinski definition) is 3. The Balaban J connectivity index is 2.27. The van der Waals surface area contributed by atoms with E-state index in [4.69, 9.17) is 16.7 Å². The second-order valence-corrected chi connectivity index (χ2v) is 5.56. The van der Waals surface area contributed by atoms with Gasteiger partial charge in [-0.15, -0.1) is 0 Å². The Labute approximate surface area is 134 Å². The predicted molar refractivity (Wildman–Crippen MR) is 87.0 cm³/mol. The van der Waals surface area contributed by atoms with Crippen LogP contribution in [0, 0.1) is 0 Å². The van der Waals surface area contributed by atoms with Crippen molar-refractivity contribution in [1.29, 1.82) is 0 Å². The molecule has 22 heavy (non-hydrogen) atoms. The van der Waals surface area contributed by atoms with Crippen LogP contribution in [0.2, 0.25) is 5.02 Å². The third-order valence-electron chi connectivity index (χ3n) is 2.87. The summed E-state index contributed by atoms with van der Waals surface area (Å²) in [6.07, 6.45) is 0. The Morgan fingerprint density at radius 1 is 1.41 bits per heavy atom. The van der Waals surface area contributed by atoms with Crippen molar-refractivity contribution in [3.63, 3.8) is 0 Å². The molecule has 1 heterocycles. The van der Waals surface area contributed by atoms with Crippen molar-refractivity contribution < 1.29 is 9.90 Å². The topological polar surface area (TPSA) is 79.2 Å². The van der Waals surface area contributed by atoms with E-state index < -0.39 is 0 Å². The van der Waals surface area contributed by atoms with E-state index in [9.17, 15) is 4.79 Å². The summed E-state index contributed by atoms with van der Waals surface area (Å²) in [5, 5.41) is 19.6. The molecule has 0 aliphatic carbocycles. The van der Waals surface area contributed by atoms with Crippen molar-refractivity contribution in [2.75, 3.05) is 11.9 Å². The first kappa shape index (κ1) is 16.3. The van der Waals surface area contributed by atoms with Crippen molar-refractivity contribution in [3.8, 4) is 11.3 Å². The first-order chi connectivity index (χ1) is 10.5. The molecule has 0 atom stereocenters. The first-order valence-electron chi connectivity index (χ1n) is 7.01. The molecule has 1 aromatic carbocycles. The van der Waals surface area contributed by atoms with Crippen molar-refractivity contribution in [1.82, 2.24) is 15.1 Å². The number of nitrogens with zero attached hydrogens (tertiary/aromatic N) is 2. The fourth-order valence-electron chi connectivity index (χ4n) is 1.99. The fraction of sp³-hybridized carbons (Fsp3) is 0.333. The van der Waals surface area contributed by atoms with E-state index in [0.717, 1.165) is 5.56 Å². The zero-order chi connectivity index (χ0) is 16.1. The van der Waals surface area contributed by atoms with Gasteiger partial charge in [-0.25, -0.2) is 9.48 Å². The largest absolute Gasteiger partial charge is 0.394 e. The van der Waals surface area contributed by atoms with Gasteiger partial charge in [-0.1, -0.05) is 23.7 Å². The number of aromatic nitrogens is 2. The van der Waals surface area contributed by atoms with Crippen molar-refractivity contribution >= 4 is 23.4 Å². The van der Waals surface area contributed by atoms with E-state index in [1.165, 1.54) is 0 Å². The molecule has 0 aliphatic heterocycles. The van der Waals surface area contributed by atoms with Gasteiger partial charge in [0.15, 0.2) is 0 Å². The van der Waals surface area contributed by atoms with E-state index in [2.05, 4.69) is 15.7 Å². The van der Waals surface area contributed by atoms with Gasteiger partial charge >= 0.3 is 6.03 Å². The molecule has 7 heteroatoms. The van der Waals surface area contributed by atoms with Crippen molar-refractivity contribution in [2.45, 2.75) is 26.4 Å². The number of amides is 2. The molecule has 1 aromatic heterocycles. The molecule has 0 bridgehead atoms. The van der Waals surface area contributed by atoms with Gasteiger partial charge in [0.25, 0.3) is 0 Å². The molecule has 0 fully saturated rings. The number of anilines is 1. The Hall–Kier alpha value is -2.05. The lowest BCUT2D eigenvalue weighted by Crippen LogP contribution is -2.34. The molecule has 0 spiro atoms. The number of aliphatic hydroxyl groups is 1. The number of carbonyl (C=O) groups excluding carboxylic acids is 1. The van der Waals surface area contributed by atoms with Gasteiger partial charge in [0.1, 0.15) is 5.82 Å². The normalized spacial score (nSPS) is 10.8. The number of rotatable bonds is 5. The molecule has 0 saturated heterocycles. The van der Waals surface area contributed by atoms with Crippen molar-refractivity contribution in [3.05, 3.63) is 35.4 Å². The van der Waals surface area contributed by atoms with Gasteiger partial charge in [-0.3, -0.25) is 5.32 Å². The third kappa shape index (κ3) is 4.22. The molecule has 118 valence electrons. The summed E-state index contributed by atoms with van der Waals surface area (Å²) in [5.74, 6) is 0.516. The van der Waals surface area contributed by atoms with Crippen LogP contribution in [-0.2, 0) is 6.54 Å². The second-order valence-electron chi connectivity index (χ2n) is 5.13. The van der Waals surface area contributed by atoms with Gasteiger partial charge in [-0.05, 0) is 26.0 Å². The van der Waals surface area contributed by atoms with Gasteiger partial charge in [-0.2, -0.15) is 5.10 Å². The number of halogens is 1. The Bertz CT molecular complexity index is 655. The molecule has 2 amide bonds. The lowest BCUT2D eigenvalue weighted by Gasteiger charge is -2.10. The van der Waals surface area contributed by atoms with Crippen LogP contribution in [0.15, 0.2) is 30.3 Å². The van der Waals surface area contributed by atoms with E-state index in [0.29, 0.717) is 16.5 Å². The molecule has 0 saturated carbocycles. The standard InChI is InChI=1S/C15H19ClN4O2/c1-10(2)17-15(22)18-14-9-13(19-20(14)6-7-21)11-4-3-5-12(16)8-11/h3-5,8-10,21H,6-7H2,1-2H3,(H2,17,18,22). The fourth-order valence-corrected chi connectivity index (χ4v) is 2.18. The SMILES string of the molecule is CC(C)NC(=O)Nc1cc(-c2cccc(Cl)c2)nn1CCO. The van der Waals surface area contributed by atoms with Crippen LogP contribution in [0.3, 0.4) is 0 Å². The summed E-state index contributed by atoms with van der Waals surface area (Å²) in [5.41, 5.74) is 1.52. The molecular formula is C15H19ClN4O2. The monoisotopic (exact) mass is 322 g/mol. The summed E-state index contributed by atoms with van der Waals surface area (Å²) in [6, 6.07) is 8.77. The maximum absolute atomic E-state index is 11.8. The molecule has 0 unspecified atom stereocenters. The highest BCUT2D eigenvalue weighted by Crippen LogP contribution is 2.24. The highest BCUT2D eigenvalue weighted by molar-refractivity contribution is 6.30. The molecule has 2 aromatic rings. The van der Waals surface area contributed by atoms with Crippen LogP contribution in [0.4, 0.5) is 10.6 Å². The van der Waals surface area contributed by atoms with Crippen LogP contribution < -0.4 is 10.6 Å². The van der Waals surface area contributed by atoms with E-state index in [1.807, 2.05) is 26.0 Å². The quantitative estimate of drug-likeness (QED) is 0.792. The summed E-state index contributed by atoms with van der Waals surface area (Å²) in [4.78, 5) is 11.8. The summed E-state index contributed by atoms with van der Waals surface area (Å²) < 4.78 is 1.55. The zero-order valence-electron chi connectivity index (χ0n) is 12.5. The van der Waals surface area contributed by atoms with Gasteiger partial charge in [0, 0.05) is 22.7 Å². The lowest BCUT2D eigenvalue weighted by molar-refractivity contribution is 0.249. The number of benzene rings is 1. The van der Waals surface area contributed by atoms with E-state index in [-0.39, 0.29) is 25.2 Å². The highest BCUT2D eigenvalue weighted by atomic mass is 35.5. The Morgan fingerprint density at radius 3 is 2.82 bits per heavy atom. The maximum atomic E-state index is 11.8. The number of aliphatic hydroxyl groups excluding tert-OH is 1. The predicted octanol–water partition coefficient (Wildman–Crippen LogP) is 2.73. The minimum atomic E-state index is -0.313. The van der Waals surface area contributed by atoms with Crippen LogP contribution >= 0.6 is 11.6 Å². The van der Waals surface area contributed by atoms with E-state index >= 15 is 0 Å².